The Hall–Kier alpha value is -5.35. The molecule has 13 heteroatoms. The molecule has 0 spiro atoms. The molecule has 9 heterocycles. The van der Waals surface area contributed by atoms with Gasteiger partial charge in [0, 0.05) is 48.5 Å². The van der Waals surface area contributed by atoms with Crippen LogP contribution in [-0.4, -0.2) is 19.9 Å². The summed E-state index contributed by atoms with van der Waals surface area (Å²) in [5, 5.41) is 0. The van der Waals surface area contributed by atoms with Crippen molar-refractivity contribution in [2.45, 2.75) is 0 Å². The molecule has 0 fully saturated rings. The van der Waals surface area contributed by atoms with Gasteiger partial charge in [0.05, 0.1) is 67.1 Å². The zero-order chi connectivity index (χ0) is 35.3. The van der Waals surface area contributed by atoms with Crippen LogP contribution in [-0.2, 0) is 28.2 Å². The molecule has 0 aliphatic carbocycles. The van der Waals surface area contributed by atoms with E-state index in [2.05, 4.69) is 178 Å². The van der Waals surface area contributed by atoms with Gasteiger partial charge in [-0.25, -0.2) is 28.2 Å². The first-order valence-electron chi connectivity index (χ1n) is 17.4. The Morgan fingerprint density at radius 3 is 0.789 bits per heavy atom. The van der Waals surface area contributed by atoms with Gasteiger partial charge in [0.15, 0.2) is 24.8 Å². The van der Waals surface area contributed by atoms with E-state index in [1.165, 1.54) is 0 Å². The van der Waals surface area contributed by atoms with Gasteiger partial charge in [0.25, 0.3) is 0 Å². The Bertz CT molecular complexity index is 2450. The smallest absolute Gasteiger partial charge is 0.216 e. The summed E-state index contributed by atoms with van der Waals surface area (Å²) in [6.45, 7) is 0. The van der Waals surface area contributed by atoms with Crippen LogP contribution in [0.15, 0.2) is 122 Å². The van der Waals surface area contributed by atoms with Crippen LogP contribution >= 0.6 is 12.4 Å². The van der Waals surface area contributed by atoms with E-state index in [1.807, 2.05) is 24.3 Å². The zero-order valence-electron chi connectivity index (χ0n) is 31.5. The highest BCUT2D eigenvalue weighted by atomic mass is 35.5. The van der Waals surface area contributed by atoms with E-state index in [1.54, 1.807) is 0 Å². The van der Waals surface area contributed by atoms with Gasteiger partial charge >= 0.3 is 0 Å². The summed E-state index contributed by atoms with van der Waals surface area (Å²) < 4.78 is 8.59. The second-order valence-corrected chi connectivity index (χ2v) is 13.3. The second-order valence-electron chi connectivity index (χ2n) is 13.3. The normalized spacial score (nSPS) is 11.0. The number of nitrogens with zero attached hydrogens (tertiary/aromatic N) is 6. The Balaban J connectivity index is 0.00000144. The van der Waals surface area contributed by atoms with Gasteiger partial charge in [0.1, 0.15) is 28.2 Å². The zero-order valence-corrected chi connectivity index (χ0v) is 35.3. The average molecular weight is 857 g/mol. The molecule has 0 unspecified atom stereocenters. The van der Waals surface area contributed by atoms with Crippen molar-refractivity contribution in [2.75, 3.05) is 0 Å². The minimum Gasteiger partial charge on any atom is -1.00 e. The lowest BCUT2D eigenvalue weighted by molar-refractivity contribution is -0.660. The summed E-state index contributed by atoms with van der Waals surface area (Å²) in [5.74, 6) is 0. The van der Waals surface area contributed by atoms with Crippen molar-refractivity contribution in [2.24, 2.45) is 28.2 Å². The number of fused-ring (bicyclic) bond motifs is 8. The molecule has 7 aromatic heterocycles. The number of nitrogens with one attached hydrogen (secondary N) is 2. The fourth-order valence-electron chi connectivity index (χ4n) is 7.42. The van der Waals surface area contributed by atoms with Crippen LogP contribution in [0.2, 0.25) is 0 Å². The third-order valence-electron chi connectivity index (χ3n) is 10.00. The molecule has 2 aliphatic heterocycles. The number of aryl methyl sites for hydroxylation is 4. The highest BCUT2D eigenvalue weighted by Crippen LogP contribution is 2.36. The van der Waals surface area contributed by atoms with Crippen molar-refractivity contribution in [3.63, 3.8) is 0 Å². The van der Waals surface area contributed by atoms with Crippen LogP contribution in [0.5, 0.6) is 0 Å². The van der Waals surface area contributed by atoms with E-state index in [0.717, 1.165) is 89.9 Å². The summed E-state index contributed by atoms with van der Waals surface area (Å²) in [7, 11) is 8.31. The lowest BCUT2D eigenvalue weighted by Gasteiger charge is -2.05. The van der Waals surface area contributed by atoms with Crippen LogP contribution in [0.3, 0.4) is 0 Å². The third kappa shape index (κ3) is 7.97. The van der Waals surface area contributed by atoms with Crippen molar-refractivity contribution >= 4 is 58.8 Å². The minimum atomic E-state index is 0. The molecular weight excluding hydrogens is 818 g/mol. The number of aromatic nitrogens is 8. The second kappa shape index (κ2) is 18.3. The fourth-order valence-corrected chi connectivity index (χ4v) is 7.42. The van der Waals surface area contributed by atoms with Crippen molar-refractivity contribution in [3.8, 4) is 45.0 Å². The number of H-pyrrole nitrogens is 2. The Kier molecular flexibility index (Phi) is 14.2. The standard InChI is InChI=1S/C44H37N8.5ClH/c1-49-25-9-5-13-37(49)41-29-17-19-31(45-29)42(38-14-6-10-26-50(38)2)33-21-23-35(47-33)44(40-16-8-12-28-52(40)4)36-24-22-34(48-36)43(32-20-18-30(41)46-32)39-15-7-11-27-51(39)3;;;;;/h5-28H,1-4H3,(H,45,46,47,48);5*1H/q+3;;;;;/p-3. The Morgan fingerprint density at radius 2 is 0.579 bits per heavy atom. The van der Waals surface area contributed by atoms with E-state index in [4.69, 9.17) is 9.97 Å². The summed E-state index contributed by atoms with van der Waals surface area (Å²) in [5.41, 5.74) is 15.6. The van der Waals surface area contributed by atoms with Crippen molar-refractivity contribution in [3.05, 3.63) is 145 Å². The highest BCUT2D eigenvalue weighted by Gasteiger charge is 2.25. The molecule has 2 aliphatic rings. The predicted molar refractivity (Wildman–Crippen MR) is 213 cm³/mol. The molecular formula is C44H39Cl5N8. The monoisotopic (exact) mass is 854 g/mol. The number of rotatable bonds is 4. The maximum Gasteiger partial charge on any atom is 0.216 e. The molecule has 0 radical (unpaired) electrons. The van der Waals surface area contributed by atoms with Gasteiger partial charge in [-0.05, 0) is 72.8 Å². The number of halogens is 5. The van der Waals surface area contributed by atoms with E-state index < -0.39 is 0 Å². The van der Waals surface area contributed by atoms with Gasteiger partial charge in [0.2, 0.25) is 22.8 Å². The van der Waals surface area contributed by atoms with Crippen LogP contribution in [0.4, 0.5) is 0 Å². The van der Waals surface area contributed by atoms with Crippen LogP contribution in [0, 0.1) is 0 Å². The number of hydrogen-bond donors (Lipinski definition) is 2. The summed E-state index contributed by atoms with van der Waals surface area (Å²) in [4.78, 5) is 18.5. The highest BCUT2D eigenvalue weighted by molar-refractivity contribution is 5.97. The van der Waals surface area contributed by atoms with Crippen LogP contribution in [0.25, 0.3) is 91.4 Å². The molecule has 8 bridgehead atoms. The van der Waals surface area contributed by atoms with Gasteiger partial charge < -0.3 is 59.6 Å². The molecule has 0 atom stereocenters. The van der Waals surface area contributed by atoms with E-state index in [9.17, 15) is 0 Å². The maximum absolute atomic E-state index is 5.42. The quantitative estimate of drug-likeness (QED) is 0.175. The van der Waals surface area contributed by atoms with E-state index in [-0.39, 0.29) is 62.0 Å². The average Bonchev–Trinajstić information content (AvgIpc) is 3.99. The van der Waals surface area contributed by atoms with Gasteiger partial charge in [-0.3, -0.25) is 0 Å². The largest absolute Gasteiger partial charge is 1.00 e. The number of aromatic amines is 2. The molecule has 0 saturated carbocycles. The number of pyridine rings is 4. The molecule has 0 amide bonds. The molecule has 7 aromatic rings. The van der Waals surface area contributed by atoms with Crippen LogP contribution in [0.1, 0.15) is 22.8 Å². The first-order chi connectivity index (χ1) is 25.4. The Labute approximate surface area is 362 Å². The lowest BCUT2D eigenvalue weighted by atomic mass is 10.1. The molecule has 290 valence electrons. The van der Waals surface area contributed by atoms with E-state index >= 15 is 0 Å². The third-order valence-corrected chi connectivity index (χ3v) is 10.00. The van der Waals surface area contributed by atoms with Crippen molar-refractivity contribution in [1.82, 2.24) is 19.9 Å². The Morgan fingerprint density at radius 1 is 0.351 bits per heavy atom. The number of hydrogen-bond acceptors (Lipinski definition) is 2. The SMILES string of the molecule is C[n+]1ccccc1-c1c2nc(c(-c3cccc[n+]3C)c3ccc([nH]3)c(-c3cccc[n+]3C)c3nc(c(-c4cccc[n+]4C)c4ccc1[nH]4)C=C3)C=C2.Cl.[Cl-].[Cl-].[Cl-].[Cl-]. The van der Waals surface area contributed by atoms with Gasteiger partial charge in [-0.2, -0.15) is 0 Å². The molecule has 2 N–H and O–H groups in total. The first kappa shape index (κ1) is 44.4. The van der Waals surface area contributed by atoms with Gasteiger partial charge in [-0.1, -0.05) is 0 Å². The maximum atomic E-state index is 5.42. The molecule has 8 nitrogen and oxygen atoms in total. The molecule has 0 aromatic carbocycles. The molecule has 57 heavy (non-hydrogen) atoms. The lowest BCUT2D eigenvalue weighted by Crippen LogP contribution is -3.00. The van der Waals surface area contributed by atoms with E-state index in [0.29, 0.717) is 0 Å². The van der Waals surface area contributed by atoms with Gasteiger partial charge in [-0.15, -0.1) is 12.4 Å². The summed E-state index contributed by atoms with van der Waals surface area (Å²) in [6, 6.07) is 33.8. The summed E-state index contributed by atoms with van der Waals surface area (Å²) in [6.07, 6.45) is 16.9. The van der Waals surface area contributed by atoms with Crippen LogP contribution < -0.4 is 67.9 Å². The topological polar surface area (TPSA) is 72.9 Å². The first-order valence-corrected chi connectivity index (χ1v) is 17.4. The summed E-state index contributed by atoms with van der Waals surface area (Å²) >= 11 is 0. The van der Waals surface area contributed by atoms with Crippen molar-refractivity contribution in [1.29, 1.82) is 0 Å². The molecule has 9 rings (SSSR count). The fraction of sp³-hybridized carbons (Fsp3) is 0.0909. The van der Waals surface area contributed by atoms with Crippen molar-refractivity contribution < 1.29 is 67.9 Å². The minimum absolute atomic E-state index is 0. The predicted octanol–water partition coefficient (Wildman–Crippen LogP) is -4.94. The molecule has 0 saturated heterocycles.